The molecule has 0 unspecified atom stereocenters. The number of phenolic OH excluding ortho intramolecular Hbond substituents is 2. The number of likely N-dealkylation sites (N-methyl/N-ethyl adjacent to an activating group) is 2. The average Bonchev–Trinajstić information content (AvgIpc) is 3.88. The second-order valence-electron chi connectivity index (χ2n) is 20.3. The number of aromatic hydroxyl groups is 2. The number of carbonyl (C=O) groups is 9. The van der Waals surface area contributed by atoms with E-state index >= 15 is 0 Å². The predicted molar refractivity (Wildman–Crippen MR) is 279 cm³/mol. The van der Waals surface area contributed by atoms with E-state index in [0.717, 1.165) is 24.2 Å². The molecule has 1 fully saturated rings. The van der Waals surface area contributed by atoms with Gasteiger partial charge in [-0.25, -0.2) is 0 Å². The number of carbonyl (C=O) groups excluding carboxylic acids is 9. The molecule has 18 nitrogen and oxygen atoms in total. The molecule has 18 heteroatoms. The van der Waals surface area contributed by atoms with E-state index in [0.29, 0.717) is 31.4 Å². The van der Waals surface area contributed by atoms with E-state index in [1.807, 2.05) is 0 Å². The molecule has 6 atom stereocenters. The molecule has 0 radical (unpaired) electrons. The number of amides is 6. The molecule has 0 aromatic heterocycles. The number of phenols is 2. The van der Waals surface area contributed by atoms with Crippen molar-refractivity contribution in [1.29, 1.82) is 0 Å². The first kappa shape index (κ1) is 60.4. The third-order valence-electron chi connectivity index (χ3n) is 14.5. The maximum atomic E-state index is 14.4. The van der Waals surface area contributed by atoms with Gasteiger partial charge in [-0.15, -0.1) is 0 Å². The molecule has 2 aromatic carbocycles. The highest BCUT2D eigenvalue weighted by Gasteiger charge is 2.36. The summed E-state index contributed by atoms with van der Waals surface area (Å²) < 4.78 is 0. The van der Waals surface area contributed by atoms with Gasteiger partial charge in [-0.1, -0.05) is 103 Å². The highest BCUT2D eigenvalue weighted by Crippen LogP contribution is 2.39. The Morgan fingerprint density at radius 2 is 1.38 bits per heavy atom. The summed E-state index contributed by atoms with van der Waals surface area (Å²) >= 11 is 0. The minimum Gasteiger partial charge on any atom is -0.507 e. The Bertz CT molecular complexity index is 2290. The summed E-state index contributed by atoms with van der Waals surface area (Å²) in [5.74, 6) is -6.38. The molecule has 2 heterocycles. The summed E-state index contributed by atoms with van der Waals surface area (Å²) in [5, 5.41) is 40.1. The Labute approximate surface area is 436 Å². The summed E-state index contributed by atoms with van der Waals surface area (Å²) in [4.78, 5) is 124. The summed E-state index contributed by atoms with van der Waals surface area (Å²) in [5.41, 5.74) is 0.903. The van der Waals surface area contributed by atoms with E-state index in [9.17, 15) is 58.5 Å². The van der Waals surface area contributed by atoms with Crippen molar-refractivity contribution in [2.45, 2.75) is 186 Å². The molecule has 1 saturated heterocycles. The number of nitrogens with one attached hydrogen (secondary N) is 3. The summed E-state index contributed by atoms with van der Waals surface area (Å²) in [6, 6.07) is 3.04. The van der Waals surface area contributed by atoms with Crippen LogP contribution < -0.4 is 16.0 Å². The fourth-order valence-corrected chi connectivity index (χ4v) is 9.81. The molecule has 2 aliphatic rings. The first-order valence-electron chi connectivity index (χ1n) is 26.8. The maximum absolute atomic E-state index is 14.4. The number of hydrogen-bond donors (Lipinski definition) is 6. The third-order valence-corrected chi connectivity index (χ3v) is 14.5. The van der Waals surface area contributed by atoms with Gasteiger partial charge in [0.05, 0.1) is 25.2 Å². The predicted octanol–water partition coefficient (Wildman–Crippen LogP) is 5.75. The Balaban J connectivity index is 1.38. The van der Waals surface area contributed by atoms with Crippen LogP contribution in [-0.4, -0.2) is 141 Å². The zero-order valence-electron chi connectivity index (χ0n) is 44.5. The number of likely N-dealkylation sites (tertiary alicyclic amines) is 1. The Morgan fingerprint density at radius 1 is 0.784 bits per heavy atom. The number of unbranched alkanes of at least 4 members (excludes halogenated alkanes) is 12. The fourth-order valence-electron chi connectivity index (χ4n) is 9.81. The Kier molecular flexibility index (Phi) is 24.7. The number of ketones is 3. The summed E-state index contributed by atoms with van der Waals surface area (Å²) in [6.07, 6.45) is 15.2. The van der Waals surface area contributed by atoms with Gasteiger partial charge in [-0.05, 0) is 68.5 Å². The van der Waals surface area contributed by atoms with Gasteiger partial charge in [-0.3, -0.25) is 43.2 Å². The van der Waals surface area contributed by atoms with Crippen LogP contribution in [0.15, 0.2) is 36.4 Å². The summed E-state index contributed by atoms with van der Waals surface area (Å²) in [7, 11) is 2.80. The quantitative estimate of drug-likeness (QED) is 0.0585. The number of aliphatic hydroxyl groups is 1. The molecule has 4 rings (SSSR count). The van der Waals surface area contributed by atoms with Crippen molar-refractivity contribution in [2.75, 3.05) is 33.8 Å². The smallest absolute Gasteiger partial charge is 0.245 e. The van der Waals surface area contributed by atoms with E-state index < -0.39 is 103 Å². The topological polar surface area (TPSA) is 260 Å². The van der Waals surface area contributed by atoms with Crippen LogP contribution in [0.5, 0.6) is 11.5 Å². The van der Waals surface area contributed by atoms with Crippen molar-refractivity contribution < 1.29 is 58.5 Å². The molecule has 4 bridgehead atoms. The van der Waals surface area contributed by atoms with Gasteiger partial charge in [0, 0.05) is 69.8 Å². The van der Waals surface area contributed by atoms with Crippen molar-refractivity contribution in [1.82, 2.24) is 30.7 Å². The van der Waals surface area contributed by atoms with Gasteiger partial charge in [0.25, 0.3) is 0 Å². The molecule has 0 spiro atoms. The van der Waals surface area contributed by atoms with Crippen LogP contribution in [0, 0.1) is 5.92 Å². The molecule has 408 valence electrons. The number of Topliss-reactive ketones (excluding diaryl/α,β-unsaturated/α-hetero) is 3. The minimum absolute atomic E-state index is 0.0970. The monoisotopic (exact) mass is 1030 g/mol. The van der Waals surface area contributed by atoms with Gasteiger partial charge >= 0.3 is 0 Å². The molecule has 74 heavy (non-hydrogen) atoms. The van der Waals surface area contributed by atoms with Gasteiger partial charge in [-0.2, -0.15) is 0 Å². The van der Waals surface area contributed by atoms with Crippen molar-refractivity contribution >= 4 is 52.8 Å². The lowest BCUT2D eigenvalue weighted by Gasteiger charge is -2.30. The molecule has 6 N–H and O–H groups in total. The molecule has 2 aliphatic heterocycles. The van der Waals surface area contributed by atoms with Gasteiger partial charge in [0.15, 0.2) is 17.3 Å². The summed E-state index contributed by atoms with van der Waals surface area (Å²) in [6.45, 7) is 5.80. The molecule has 0 aliphatic carbocycles. The first-order chi connectivity index (χ1) is 35.3. The van der Waals surface area contributed by atoms with Crippen LogP contribution in [0.3, 0.4) is 0 Å². The number of benzene rings is 2. The lowest BCUT2D eigenvalue weighted by Crippen LogP contribution is -2.53. The van der Waals surface area contributed by atoms with Crippen molar-refractivity contribution in [2.24, 2.45) is 5.92 Å². The van der Waals surface area contributed by atoms with E-state index in [1.54, 1.807) is 0 Å². The highest BCUT2D eigenvalue weighted by atomic mass is 16.3. The number of rotatable bonds is 27. The Hall–Kier alpha value is -6.17. The molecule has 6 amide bonds. The van der Waals surface area contributed by atoms with Crippen molar-refractivity contribution in [3.63, 3.8) is 0 Å². The lowest BCUT2D eigenvalue weighted by molar-refractivity contribution is -0.142. The first-order valence-corrected chi connectivity index (χ1v) is 26.8. The lowest BCUT2D eigenvalue weighted by atomic mass is 9.89. The zero-order chi connectivity index (χ0) is 54.5. The van der Waals surface area contributed by atoms with Gasteiger partial charge in [0.1, 0.15) is 29.6 Å². The SMILES string of the molecule is CCCCCCCCCCCCCCCC(=O)N(C)[C@H](CO)C(=O)N[C@H](C)C(=O)CCC(=O)N(C)[C@@H]1C(=O)C[C@@H](C)C(=O)N[C@H](C(=O)NCC(=O)N2CCC[C@H]2C(C)=O)Cc2ccc(O)c(c2)-c2cc1ccc2O. The van der Waals surface area contributed by atoms with Crippen LogP contribution in [0.4, 0.5) is 0 Å². The molecular formula is C56H82N6O12. The van der Waals surface area contributed by atoms with Crippen LogP contribution >= 0.6 is 0 Å². The normalized spacial score (nSPS) is 18.6. The van der Waals surface area contributed by atoms with Crippen LogP contribution in [0.1, 0.15) is 167 Å². The Morgan fingerprint density at radius 3 is 1.99 bits per heavy atom. The van der Waals surface area contributed by atoms with Crippen LogP contribution in [-0.2, 0) is 49.6 Å². The van der Waals surface area contributed by atoms with E-state index in [2.05, 4.69) is 22.9 Å². The van der Waals surface area contributed by atoms with Crippen LogP contribution in [0.2, 0.25) is 0 Å². The number of fused-ring (bicyclic) bond motifs is 5. The molecular weight excluding hydrogens is 949 g/mol. The zero-order valence-corrected chi connectivity index (χ0v) is 44.5. The number of hydrogen-bond acceptors (Lipinski definition) is 12. The van der Waals surface area contributed by atoms with Gasteiger partial charge in [0.2, 0.25) is 35.4 Å². The second kappa shape index (κ2) is 30.3. The van der Waals surface area contributed by atoms with Gasteiger partial charge < -0.3 is 46.0 Å². The average molecular weight is 1030 g/mol. The van der Waals surface area contributed by atoms with E-state index in [-0.39, 0.29) is 59.1 Å². The number of aliphatic hydroxyl groups excluding tert-OH is 1. The number of nitrogens with zero attached hydrogens (tertiary/aromatic N) is 3. The van der Waals surface area contributed by atoms with E-state index in [1.165, 1.54) is 139 Å². The fraction of sp³-hybridized carbons (Fsp3) is 0.625. The maximum Gasteiger partial charge on any atom is 0.245 e. The third kappa shape index (κ3) is 17.8. The molecule has 2 aromatic rings. The van der Waals surface area contributed by atoms with Crippen LogP contribution in [0.25, 0.3) is 11.1 Å². The largest absolute Gasteiger partial charge is 0.507 e. The van der Waals surface area contributed by atoms with E-state index in [4.69, 9.17) is 0 Å². The van der Waals surface area contributed by atoms with Crippen molar-refractivity contribution in [3.05, 3.63) is 47.5 Å². The molecule has 0 saturated carbocycles. The van der Waals surface area contributed by atoms with Crippen molar-refractivity contribution in [3.8, 4) is 22.6 Å². The highest BCUT2D eigenvalue weighted by molar-refractivity contribution is 5.98. The standard InChI is InChI=1S/C56H82N6O12/c1-7-8-9-10-11-12-13-14-15-16-17-18-19-22-50(69)60(5)45(35-63)56(74)58-37(3)46(65)27-28-51(70)61(6)53-40-24-26-48(67)42(33-40)41-31-39(23-25-47(41)66)32-43(59-54(72)36(2)30-49(53)68)55(73)57-34-52(71)62-29-20-21-44(62)38(4)64/h23-26,31,33,36-37,43-45,53,63,66-67H,7-22,27-30,32,34-35H2,1-6H3,(H,57,73)(H,58,74)(H,59,72)/t36-,37-,43+,44+,45-,53+/m1/s1. The minimum atomic E-state index is -1.36. The second-order valence-corrected chi connectivity index (χ2v) is 20.3.